The molecule has 7 nitrogen and oxygen atoms in total. The lowest BCUT2D eigenvalue weighted by molar-refractivity contribution is -0.142. The van der Waals surface area contributed by atoms with E-state index in [-0.39, 0.29) is 42.2 Å². The molecule has 0 saturated carbocycles. The minimum atomic E-state index is -0.180. The summed E-state index contributed by atoms with van der Waals surface area (Å²) in [6.07, 6.45) is 1.90. The molecule has 3 heterocycles. The summed E-state index contributed by atoms with van der Waals surface area (Å²) in [4.78, 5) is 29.4. The zero-order chi connectivity index (χ0) is 18.8. The molecule has 2 amide bonds. The summed E-state index contributed by atoms with van der Waals surface area (Å²) in [5.74, 6) is 0.104. The molecule has 4 rings (SSSR count). The van der Waals surface area contributed by atoms with Gasteiger partial charge in [-0.05, 0) is 30.5 Å². The van der Waals surface area contributed by atoms with Crippen molar-refractivity contribution < 1.29 is 9.59 Å². The molecule has 9 heteroatoms. The van der Waals surface area contributed by atoms with Crippen molar-refractivity contribution in [3.8, 4) is 0 Å². The second-order valence-corrected chi connectivity index (χ2v) is 7.95. The Balaban J connectivity index is 0.00000225. The molecule has 3 N–H and O–H groups in total. The summed E-state index contributed by atoms with van der Waals surface area (Å²) in [5.41, 5.74) is 7.36. The predicted molar refractivity (Wildman–Crippen MR) is 110 cm³/mol. The predicted octanol–water partition coefficient (Wildman–Crippen LogP) is 0.950. The van der Waals surface area contributed by atoms with E-state index in [9.17, 15) is 9.59 Å². The Morgan fingerprint density at radius 1 is 1.25 bits per heavy atom. The van der Waals surface area contributed by atoms with Crippen LogP contribution in [0.5, 0.6) is 0 Å². The standard InChI is InChI=1S/C19H26ClN5O2.ClH/c20-14-4-1-3-13(9-14)18-16(10-22-23-18)19(27)24-7-2-5-15(12-24)25-8-6-21-11-17(25)26;/h1,3-4,9,15-16,18,21-23H,2,5-8,10-12H2;1H. The maximum Gasteiger partial charge on any atom is 0.236 e. The van der Waals surface area contributed by atoms with Crippen molar-refractivity contribution in [3.63, 3.8) is 0 Å². The Morgan fingerprint density at radius 2 is 2.11 bits per heavy atom. The van der Waals surface area contributed by atoms with Gasteiger partial charge in [0, 0.05) is 43.8 Å². The fourth-order valence-electron chi connectivity index (χ4n) is 4.39. The lowest BCUT2D eigenvalue weighted by atomic mass is 9.92. The van der Waals surface area contributed by atoms with Crippen molar-refractivity contribution in [2.75, 3.05) is 39.3 Å². The zero-order valence-corrected chi connectivity index (χ0v) is 17.3. The van der Waals surface area contributed by atoms with Crippen LogP contribution < -0.4 is 16.2 Å². The Kier molecular flexibility index (Phi) is 7.17. The second kappa shape index (κ2) is 9.41. The summed E-state index contributed by atoms with van der Waals surface area (Å²) in [6.45, 7) is 3.92. The molecule has 3 atom stereocenters. The highest BCUT2D eigenvalue weighted by molar-refractivity contribution is 6.30. The number of nitrogens with one attached hydrogen (secondary N) is 3. The maximum atomic E-state index is 13.3. The average Bonchev–Trinajstić information content (AvgIpc) is 3.18. The van der Waals surface area contributed by atoms with Gasteiger partial charge in [0.25, 0.3) is 0 Å². The number of carbonyl (C=O) groups excluding carboxylic acids is 2. The van der Waals surface area contributed by atoms with Gasteiger partial charge in [-0.2, -0.15) is 0 Å². The summed E-state index contributed by atoms with van der Waals surface area (Å²) < 4.78 is 0. The van der Waals surface area contributed by atoms with E-state index in [1.807, 2.05) is 34.1 Å². The van der Waals surface area contributed by atoms with Gasteiger partial charge in [0.2, 0.25) is 11.8 Å². The fourth-order valence-corrected chi connectivity index (χ4v) is 4.59. The normalized spacial score (nSPS) is 28.2. The number of benzene rings is 1. The quantitative estimate of drug-likeness (QED) is 0.669. The lowest BCUT2D eigenvalue weighted by Gasteiger charge is -2.42. The molecular weight excluding hydrogens is 401 g/mol. The van der Waals surface area contributed by atoms with E-state index < -0.39 is 0 Å². The zero-order valence-electron chi connectivity index (χ0n) is 15.7. The first-order chi connectivity index (χ1) is 13.1. The number of carbonyl (C=O) groups is 2. The number of hydrazine groups is 1. The highest BCUT2D eigenvalue weighted by Gasteiger charge is 2.39. The third-order valence-corrected chi connectivity index (χ3v) is 6.02. The molecule has 3 aliphatic rings. The van der Waals surface area contributed by atoms with Crippen LogP contribution in [0.4, 0.5) is 0 Å². The van der Waals surface area contributed by atoms with Crippen LogP contribution in [0.2, 0.25) is 5.02 Å². The van der Waals surface area contributed by atoms with Crippen molar-refractivity contribution in [1.82, 2.24) is 26.0 Å². The maximum absolute atomic E-state index is 13.3. The molecule has 0 aliphatic carbocycles. The van der Waals surface area contributed by atoms with Crippen molar-refractivity contribution in [2.45, 2.75) is 24.9 Å². The number of halogens is 2. The fraction of sp³-hybridized carbons (Fsp3) is 0.579. The van der Waals surface area contributed by atoms with Crippen LogP contribution in [0.3, 0.4) is 0 Å². The highest BCUT2D eigenvalue weighted by atomic mass is 35.5. The van der Waals surface area contributed by atoms with Crippen LogP contribution in [-0.4, -0.2) is 66.9 Å². The van der Waals surface area contributed by atoms with Gasteiger partial charge < -0.3 is 15.1 Å². The second-order valence-electron chi connectivity index (χ2n) is 7.51. The summed E-state index contributed by atoms with van der Waals surface area (Å²) in [7, 11) is 0. The van der Waals surface area contributed by atoms with Crippen LogP contribution >= 0.6 is 24.0 Å². The van der Waals surface area contributed by atoms with E-state index in [0.29, 0.717) is 24.7 Å². The molecular formula is C19H27Cl2N5O2. The van der Waals surface area contributed by atoms with Crippen LogP contribution in [0.1, 0.15) is 24.4 Å². The number of rotatable bonds is 3. The Hall–Kier alpha value is -1.38. The largest absolute Gasteiger partial charge is 0.340 e. The van der Waals surface area contributed by atoms with Gasteiger partial charge in [0.1, 0.15) is 0 Å². The molecule has 0 aromatic heterocycles. The van der Waals surface area contributed by atoms with E-state index in [1.165, 1.54) is 0 Å². The van der Waals surface area contributed by atoms with Crippen molar-refractivity contribution in [3.05, 3.63) is 34.9 Å². The van der Waals surface area contributed by atoms with Crippen LogP contribution in [0.25, 0.3) is 0 Å². The molecule has 1 aromatic rings. The Morgan fingerprint density at radius 3 is 2.89 bits per heavy atom. The Labute approximate surface area is 176 Å². The average molecular weight is 428 g/mol. The van der Waals surface area contributed by atoms with E-state index in [2.05, 4.69) is 16.2 Å². The van der Waals surface area contributed by atoms with Gasteiger partial charge >= 0.3 is 0 Å². The minimum Gasteiger partial charge on any atom is -0.340 e. The smallest absolute Gasteiger partial charge is 0.236 e. The van der Waals surface area contributed by atoms with Crippen molar-refractivity contribution >= 4 is 35.8 Å². The van der Waals surface area contributed by atoms with Gasteiger partial charge in [0.05, 0.1) is 18.5 Å². The van der Waals surface area contributed by atoms with E-state index in [0.717, 1.165) is 38.0 Å². The number of piperidine rings is 1. The number of hydrogen-bond donors (Lipinski definition) is 3. The minimum absolute atomic E-state index is 0. The van der Waals surface area contributed by atoms with E-state index >= 15 is 0 Å². The van der Waals surface area contributed by atoms with Gasteiger partial charge in [-0.3, -0.25) is 15.0 Å². The summed E-state index contributed by atoms with van der Waals surface area (Å²) in [6, 6.07) is 7.68. The molecule has 154 valence electrons. The van der Waals surface area contributed by atoms with Crippen molar-refractivity contribution in [1.29, 1.82) is 0 Å². The summed E-state index contributed by atoms with van der Waals surface area (Å²) >= 11 is 6.13. The third-order valence-electron chi connectivity index (χ3n) is 5.78. The molecule has 3 aliphatic heterocycles. The lowest BCUT2D eigenvalue weighted by Crippen LogP contribution is -2.58. The van der Waals surface area contributed by atoms with E-state index in [1.54, 1.807) is 0 Å². The SMILES string of the molecule is Cl.O=C(C1CNNC1c1cccc(Cl)c1)N1CCCC(N2CCNCC2=O)C1. The van der Waals surface area contributed by atoms with Crippen LogP contribution in [-0.2, 0) is 9.59 Å². The summed E-state index contributed by atoms with van der Waals surface area (Å²) in [5, 5.41) is 3.78. The monoisotopic (exact) mass is 427 g/mol. The van der Waals surface area contributed by atoms with Gasteiger partial charge in [-0.25, -0.2) is 5.43 Å². The van der Waals surface area contributed by atoms with Gasteiger partial charge in [-0.1, -0.05) is 23.7 Å². The molecule has 3 saturated heterocycles. The number of amides is 2. The molecule has 0 bridgehead atoms. The topological polar surface area (TPSA) is 76.7 Å². The van der Waals surface area contributed by atoms with E-state index in [4.69, 9.17) is 11.6 Å². The molecule has 1 aromatic carbocycles. The Bertz CT molecular complexity index is 719. The number of likely N-dealkylation sites (tertiary alicyclic amines) is 1. The first kappa shape index (κ1) is 21.3. The molecule has 3 unspecified atom stereocenters. The molecule has 28 heavy (non-hydrogen) atoms. The molecule has 3 fully saturated rings. The third kappa shape index (κ3) is 4.44. The first-order valence-corrected chi connectivity index (χ1v) is 10.0. The number of hydrogen-bond acceptors (Lipinski definition) is 5. The molecule has 0 spiro atoms. The van der Waals surface area contributed by atoms with Crippen molar-refractivity contribution in [2.24, 2.45) is 5.92 Å². The molecule has 0 radical (unpaired) electrons. The van der Waals surface area contributed by atoms with Gasteiger partial charge in [0.15, 0.2) is 0 Å². The number of nitrogens with zero attached hydrogens (tertiary/aromatic N) is 2. The van der Waals surface area contributed by atoms with Gasteiger partial charge in [-0.15, -0.1) is 12.4 Å². The first-order valence-electron chi connectivity index (χ1n) is 9.66. The van der Waals surface area contributed by atoms with Crippen LogP contribution in [0.15, 0.2) is 24.3 Å². The number of piperazine rings is 1. The highest BCUT2D eigenvalue weighted by Crippen LogP contribution is 2.29. The van der Waals surface area contributed by atoms with Crippen LogP contribution in [0, 0.1) is 5.92 Å².